The smallest absolute Gasteiger partial charge is 0.225 e. The number of hydrazine groups is 1. The van der Waals surface area contributed by atoms with E-state index in [1.807, 2.05) is 36.4 Å². The molecule has 0 spiro atoms. The number of rotatable bonds is 9. The predicted octanol–water partition coefficient (Wildman–Crippen LogP) is 1.68. The van der Waals surface area contributed by atoms with Crippen molar-refractivity contribution < 1.29 is 14.4 Å². The maximum absolute atomic E-state index is 11.2. The van der Waals surface area contributed by atoms with Crippen LogP contribution in [0.1, 0.15) is 28.1 Å². The van der Waals surface area contributed by atoms with Crippen LogP contribution < -0.4 is 5.43 Å². The number of amides is 1. The number of nitrogens with zero attached hydrogens (tertiary/aromatic N) is 5. The number of hydrogen-bond acceptors (Lipinski definition) is 7. The highest BCUT2D eigenvalue weighted by Gasteiger charge is 2.20. The standard InChI is InChI=1S/C20H20N6O3/c1-21-24-20(19-11-18(13-27)29-25-19)26(23-14-28)12-17-5-3-2-4-16(17)10-15-6-8-22-9-7-15/h2-9,11,14,27H,1,10,12-13H2,(H,23,28)/b24-20-. The van der Waals surface area contributed by atoms with E-state index in [4.69, 9.17) is 4.52 Å². The van der Waals surface area contributed by atoms with Gasteiger partial charge >= 0.3 is 0 Å². The van der Waals surface area contributed by atoms with Gasteiger partial charge in [0.2, 0.25) is 6.41 Å². The first-order chi connectivity index (χ1) is 14.2. The molecule has 0 bridgehead atoms. The van der Waals surface area contributed by atoms with Gasteiger partial charge in [0.1, 0.15) is 6.61 Å². The van der Waals surface area contributed by atoms with Crippen molar-refractivity contribution in [2.75, 3.05) is 0 Å². The Balaban J connectivity index is 1.91. The van der Waals surface area contributed by atoms with Crippen molar-refractivity contribution >= 4 is 19.0 Å². The van der Waals surface area contributed by atoms with Crippen molar-refractivity contribution in [3.8, 4) is 0 Å². The van der Waals surface area contributed by atoms with Gasteiger partial charge in [0.15, 0.2) is 17.3 Å². The quantitative estimate of drug-likeness (QED) is 0.248. The van der Waals surface area contributed by atoms with Crippen LogP contribution in [0.25, 0.3) is 0 Å². The Kier molecular flexibility index (Phi) is 6.80. The lowest BCUT2D eigenvalue weighted by atomic mass is 10.0. The summed E-state index contributed by atoms with van der Waals surface area (Å²) in [4.78, 5) is 15.3. The first kappa shape index (κ1) is 19.9. The third-order valence-electron chi connectivity index (χ3n) is 4.16. The topological polar surface area (TPSA) is 116 Å². The van der Waals surface area contributed by atoms with Gasteiger partial charge < -0.3 is 9.63 Å². The summed E-state index contributed by atoms with van der Waals surface area (Å²) in [5.41, 5.74) is 6.09. The normalized spacial score (nSPS) is 11.1. The molecule has 0 fully saturated rings. The summed E-state index contributed by atoms with van der Waals surface area (Å²) in [7, 11) is 0. The number of aromatic nitrogens is 2. The molecule has 9 nitrogen and oxygen atoms in total. The summed E-state index contributed by atoms with van der Waals surface area (Å²) in [6, 6.07) is 13.3. The van der Waals surface area contributed by atoms with Crippen LogP contribution in [-0.2, 0) is 24.4 Å². The molecule has 0 aliphatic carbocycles. The molecule has 29 heavy (non-hydrogen) atoms. The molecule has 0 saturated heterocycles. The van der Waals surface area contributed by atoms with E-state index in [1.165, 1.54) is 11.1 Å². The van der Waals surface area contributed by atoms with Crippen LogP contribution >= 0.6 is 0 Å². The summed E-state index contributed by atoms with van der Waals surface area (Å²) in [6.45, 7) is 3.38. The van der Waals surface area contributed by atoms with E-state index in [-0.39, 0.29) is 18.2 Å². The molecule has 2 aromatic heterocycles. The third kappa shape index (κ3) is 5.11. The van der Waals surface area contributed by atoms with Crippen LogP contribution in [0.3, 0.4) is 0 Å². The zero-order valence-electron chi connectivity index (χ0n) is 15.6. The lowest BCUT2D eigenvalue weighted by Crippen LogP contribution is -2.42. The molecule has 148 valence electrons. The molecule has 3 aromatic rings. The number of aliphatic hydroxyl groups is 1. The van der Waals surface area contributed by atoms with Gasteiger partial charge in [0.05, 0.1) is 6.54 Å². The predicted molar refractivity (Wildman–Crippen MR) is 107 cm³/mol. The third-order valence-corrected chi connectivity index (χ3v) is 4.16. The van der Waals surface area contributed by atoms with Gasteiger partial charge in [-0.2, -0.15) is 5.10 Å². The second kappa shape index (κ2) is 9.90. The fourth-order valence-electron chi connectivity index (χ4n) is 2.82. The van der Waals surface area contributed by atoms with Crippen LogP contribution in [0.2, 0.25) is 0 Å². The Bertz CT molecular complexity index is 987. The van der Waals surface area contributed by atoms with Gasteiger partial charge in [-0.1, -0.05) is 29.4 Å². The Morgan fingerprint density at radius 3 is 2.66 bits per heavy atom. The summed E-state index contributed by atoms with van der Waals surface area (Å²) < 4.78 is 5.03. The summed E-state index contributed by atoms with van der Waals surface area (Å²) in [5, 5.41) is 22.2. The van der Waals surface area contributed by atoms with Gasteiger partial charge in [-0.15, -0.1) is 5.10 Å². The summed E-state index contributed by atoms with van der Waals surface area (Å²) in [5.74, 6) is 0.496. The lowest BCUT2D eigenvalue weighted by Gasteiger charge is -2.24. The highest BCUT2D eigenvalue weighted by Crippen LogP contribution is 2.17. The minimum atomic E-state index is -0.308. The second-order valence-corrected chi connectivity index (χ2v) is 6.04. The molecule has 0 saturated carbocycles. The minimum absolute atomic E-state index is 0.231. The van der Waals surface area contributed by atoms with E-state index in [1.54, 1.807) is 12.4 Å². The molecular weight excluding hydrogens is 372 g/mol. The van der Waals surface area contributed by atoms with E-state index in [9.17, 15) is 9.90 Å². The van der Waals surface area contributed by atoms with Crippen molar-refractivity contribution in [3.05, 3.63) is 83.0 Å². The second-order valence-electron chi connectivity index (χ2n) is 6.04. The van der Waals surface area contributed by atoms with Crippen LogP contribution in [-0.4, -0.2) is 39.2 Å². The van der Waals surface area contributed by atoms with Gasteiger partial charge in [0.25, 0.3) is 0 Å². The van der Waals surface area contributed by atoms with Crippen LogP contribution in [0.4, 0.5) is 0 Å². The summed E-state index contributed by atoms with van der Waals surface area (Å²) >= 11 is 0. The van der Waals surface area contributed by atoms with Crippen LogP contribution in [0, 0.1) is 0 Å². The number of carbonyl (C=O) groups excluding carboxylic acids is 1. The Morgan fingerprint density at radius 2 is 2.00 bits per heavy atom. The molecular formula is C20H20N6O3. The Morgan fingerprint density at radius 1 is 1.24 bits per heavy atom. The average molecular weight is 392 g/mol. The average Bonchev–Trinajstić information content (AvgIpc) is 3.23. The highest BCUT2D eigenvalue weighted by molar-refractivity contribution is 5.97. The highest BCUT2D eigenvalue weighted by atomic mass is 16.5. The fourth-order valence-corrected chi connectivity index (χ4v) is 2.82. The van der Waals surface area contributed by atoms with Crippen molar-refractivity contribution in [1.29, 1.82) is 0 Å². The molecule has 2 heterocycles. The molecule has 0 aliphatic rings. The van der Waals surface area contributed by atoms with E-state index in [0.717, 1.165) is 16.7 Å². The molecule has 3 rings (SSSR count). The number of amidine groups is 1. The fraction of sp³-hybridized carbons (Fsp3) is 0.150. The molecule has 0 aliphatic heterocycles. The number of benzene rings is 1. The number of pyridine rings is 1. The summed E-state index contributed by atoms with van der Waals surface area (Å²) in [6.07, 6.45) is 4.75. The molecule has 1 amide bonds. The number of nitrogens with one attached hydrogen (secondary N) is 1. The lowest BCUT2D eigenvalue weighted by molar-refractivity contribution is -0.112. The first-order valence-corrected chi connectivity index (χ1v) is 8.78. The molecule has 9 heteroatoms. The van der Waals surface area contributed by atoms with Gasteiger partial charge in [-0.25, -0.2) is 0 Å². The zero-order valence-corrected chi connectivity index (χ0v) is 15.6. The zero-order chi connectivity index (χ0) is 20.5. The van der Waals surface area contributed by atoms with Gasteiger partial charge in [-0.05, 0) is 35.2 Å². The number of hydrogen-bond donors (Lipinski definition) is 2. The molecule has 0 radical (unpaired) electrons. The van der Waals surface area contributed by atoms with Crippen molar-refractivity contribution in [2.45, 2.75) is 19.6 Å². The molecule has 1 aromatic carbocycles. The van der Waals surface area contributed by atoms with E-state index >= 15 is 0 Å². The molecule has 0 unspecified atom stereocenters. The molecule has 2 N–H and O–H groups in total. The monoisotopic (exact) mass is 392 g/mol. The molecule has 0 atom stereocenters. The van der Waals surface area contributed by atoms with Gasteiger partial charge in [-0.3, -0.25) is 20.2 Å². The Hall–Kier alpha value is -3.85. The minimum Gasteiger partial charge on any atom is -0.388 e. The maximum Gasteiger partial charge on any atom is 0.225 e. The van der Waals surface area contributed by atoms with E-state index in [0.29, 0.717) is 25.1 Å². The van der Waals surface area contributed by atoms with Crippen molar-refractivity contribution in [3.63, 3.8) is 0 Å². The van der Waals surface area contributed by atoms with Crippen molar-refractivity contribution in [1.82, 2.24) is 20.6 Å². The van der Waals surface area contributed by atoms with E-state index in [2.05, 4.69) is 32.5 Å². The van der Waals surface area contributed by atoms with Gasteiger partial charge in [0, 0.05) is 25.2 Å². The van der Waals surface area contributed by atoms with Crippen LogP contribution in [0.15, 0.2) is 69.6 Å². The largest absolute Gasteiger partial charge is 0.388 e. The van der Waals surface area contributed by atoms with Crippen LogP contribution in [0.5, 0.6) is 0 Å². The number of carbonyl (C=O) groups is 1. The number of aliphatic hydroxyl groups excluding tert-OH is 1. The SMILES string of the molecule is C=N/N=C(/c1cc(CO)on1)N(Cc1ccccc1Cc1ccncc1)NC=O. The first-order valence-electron chi connectivity index (χ1n) is 8.78. The van der Waals surface area contributed by atoms with Crippen molar-refractivity contribution in [2.24, 2.45) is 10.2 Å². The Labute approximate surface area is 167 Å². The maximum atomic E-state index is 11.2. The van der Waals surface area contributed by atoms with E-state index < -0.39 is 0 Å².